The summed E-state index contributed by atoms with van der Waals surface area (Å²) in [5.41, 5.74) is 2.64. The first-order chi connectivity index (χ1) is 18.4. The maximum absolute atomic E-state index is 13.6. The number of carbonyl (C=O) groups excluding carboxylic acids is 1. The lowest BCUT2D eigenvalue weighted by Gasteiger charge is -2.37. The van der Waals surface area contributed by atoms with Crippen molar-refractivity contribution in [3.8, 4) is 17.6 Å². The fourth-order valence-corrected chi connectivity index (χ4v) is 6.40. The van der Waals surface area contributed by atoms with Crippen molar-refractivity contribution in [2.24, 2.45) is 7.05 Å². The van der Waals surface area contributed by atoms with E-state index in [1.54, 1.807) is 0 Å². The smallest absolute Gasteiger partial charge is 0.232 e. The van der Waals surface area contributed by atoms with Crippen molar-refractivity contribution in [3.63, 3.8) is 0 Å². The molecule has 5 rings (SSSR count). The molecular formula is C31H37N5O2. The number of likely N-dealkylation sites (N-methyl/N-ethyl adjacent to an activating group) is 1. The number of carbonyl (C=O) groups is 1. The van der Waals surface area contributed by atoms with Crippen LogP contribution >= 0.6 is 0 Å². The number of benzene rings is 2. The van der Waals surface area contributed by atoms with Gasteiger partial charge >= 0.3 is 0 Å². The van der Waals surface area contributed by atoms with Crippen LogP contribution in [0.2, 0.25) is 0 Å². The molecule has 0 spiro atoms. The first kappa shape index (κ1) is 26.0. The second-order valence-corrected chi connectivity index (χ2v) is 10.8. The van der Waals surface area contributed by atoms with E-state index in [1.165, 1.54) is 0 Å². The largest absolute Gasteiger partial charge is 0.456 e. The van der Waals surface area contributed by atoms with Crippen molar-refractivity contribution in [2.75, 3.05) is 20.1 Å². The summed E-state index contributed by atoms with van der Waals surface area (Å²) in [7, 11) is 3.92. The highest BCUT2D eigenvalue weighted by atomic mass is 16.5. The first-order valence-electron chi connectivity index (χ1n) is 13.7. The minimum Gasteiger partial charge on any atom is -0.456 e. The Morgan fingerprint density at radius 2 is 1.95 bits per heavy atom. The van der Waals surface area contributed by atoms with E-state index >= 15 is 0 Å². The fourth-order valence-electron chi connectivity index (χ4n) is 6.40. The SMILES string of the molecule is CCC1(c2cccc(Oc3cc(C4(c5cncn5C)CCCN4)ccc3C#N)c2)CCCCCN(C)C1=O. The zero-order valence-electron chi connectivity index (χ0n) is 22.7. The van der Waals surface area contributed by atoms with E-state index < -0.39 is 5.41 Å². The lowest BCUT2D eigenvalue weighted by molar-refractivity contribution is -0.137. The summed E-state index contributed by atoms with van der Waals surface area (Å²) in [5, 5.41) is 13.6. The Morgan fingerprint density at radius 3 is 2.66 bits per heavy atom. The molecule has 1 amide bonds. The molecule has 198 valence electrons. The molecule has 7 heteroatoms. The second-order valence-electron chi connectivity index (χ2n) is 10.8. The van der Waals surface area contributed by atoms with Crippen LogP contribution in [0.4, 0.5) is 0 Å². The minimum absolute atomic E-state index is 0.182. The van der Waals surface area contributed by atoms with Crippen LogP contribution in [0.25, 0.3) is 0 Å². The van der Waals surface area contributed by atoms with Crippen LogP contribution in [0.15, 0.2) is 55.0 Å². The number of amides is 1. The predicted octanol–water partition coefficient (Wildman–Crippen LogP) is 5.39. The first-order valence-corrected chi connectivity index (χ1v) is 13.7. The molecule has 0 aliphatic carbocycles. The van der Waals surface area contributed by atoms with Gasteiger partial charge in [-0.3, -0.25) is 4.79 Å². The third-order valence-electron chi connectivity index (χ3n) is 8.58. The molecule has 2 atom stereocenters. The maximum Gasteiger partial charge on any atom is 0.232 e. The average Bonchev–Trinajstić information content (AvgIpc) is 3.60. The van der Waals surface area contributed by atoms with Crippen molar-refractivity contribution in [1.82, 2.24) is 19.8 Å². The van der Waals surface area contributed by atoms with Gasteiger partial charge in [-0.15, -0.1) is 0 Å². The number of nitrogens with zero attached hydrogens (tertiary/aromatic N) is 4. The highest BCUT2D eigenvalue weighted by Crippen LogP contribution is 2.42. The van der Waals surface area contributed by atoms with Gasteiger partial charge in [-0.25, -0.2) is 4.98 Å². The quantitative estimate of drug-likeness (QED) is 0.480. The third kappa shape index (κ3) is 4.48. The number of hydrogen-bond donors (Lipinski definition) is 1. The second kappa shape index (κ2) is 10.6. The van der Waals surface area contributed by atoms with Crippen LogP contribution < -0.4 is 10.1 Å². The average molecular weight is 512 g/mol. The zero-order chi connectivity index (χ0) is 26.8. The molecule has 3 aromatic rings. The van der Waals surface area contributed by atoms with Gasteiger partial charge in [-0.2, -0.15) is 5.26 Å². The van der Waals surface area contributed by atoms with Crippen LogP contribution in [0, 0.1) is 11.3 Å². The van der Waals surface area contributed by atoms with Crippen LogP contribution in [-0.4, -0.2) is 40.5 Å². The number of aryl methyl sites for hydroxylation is 1. The Labute approximate surface area is 225 Å². The van der Waals surface area contributed by atoms with Gasteiger partial charge in [-0.05, 0) is 74.0 Å². The van der Waals surface area contributed by atoms with Crippen LogP contribution in [0.1, 0.15) is 74.3 Å². The normalized spacial score (nSPS) is 24.1. The van der Waals surface area contributed by atoms with E-state index in [4.69, 9.17) is 4.74 Å². The molecule has 7 nitrogen and oxygen atoms in total. The van der Waals surface area contributed by atoms with E-state index in [-0.39, 0.29) is 11.4 Å². The fraction of sp³-hybridized carbons (Fsp3) is 0.452. The van der Waals surface area contributed by atoms with Crippen LogP contribution in [0.3, 0.4) is 0 Å². The Morgan fingerprint density at radius 1 is 1.08 bits per heavy atom. The molecular weight excluding hydrogens is 474 g/mol. The van der Waals surface area contributed by atoms with Gasteiger partial charge in [0.1, 0.15) is 17.6 Å². The van der Waals surface area contributed by atoms with E-state index in [0.29, 0.717) is 17.1 Å². The summed E-state index contributed by atoms with van der Waals surface area (Å²) in [6, 6.07) is 16.0. The molecule has 2 fully saturated rings. The van der Waals surface area contributed by atoms with E-state index in [0.717, 1.165) is 74.9 Å². The van der Waals surface area contributed by atoms with Crippen molar-refractivity contribution in [1.29, 1.82) is 5.26 Å². The van der Waals surface area contributed by atoms with Gasteiger partial charge in [0, 0.05) is 20.6 Å². The molecule has 2 aromatic carbocycles. The maximum atomic E-state index is 13.6. The monoisotopic (exact) mass is 511 g/mol. The predicted molar refractivity (Wildman–Crippen MR) is 147 cm³/mol. The van der Waals surface area contributed by atoms with Gasteiger partial charge in [0.2, 0.25) is 5.91 Å². The molecule has 38 heavy (non-hydrogen) atoms. The number of imidazole rings is 1. The molecule has 0 bridgehead atoms. The van der Waals surface area contributed by atoms with Crippen molar-refractivity contribution in [3.05, 3.63) is 77.4 Å². The number of nitrogens with one attached hydrogen (secondary N) is 1. The van der Waals surface area contributed by atoms with Gasteiger partial charge in [0.15, 0.2) is 0 Å². The van der Waals surface area contributed by atoms with Crippen molar-refractivity contribution >= 4 is 5.91 Å². The standard InChI is InChI=1S/C31H37N5O2/c1-4-30(14-6-5-7-17-35(2)29(30)37)24-10-8-11-26(18-24)38-27-19-25(13-12-23(27)20-32)31(15-9-16-34-31)28-21-33-22-36(28)3/h8,10-13,18-19,21-22,34H,4-7,9,14-17H2,1-3H3. The molecule has 1 N–H and O–H groups in total. The number of nitriles is 1. The van der Waals surface area contributed by atoms with Crippen molar-refractivity contribution in [2.45, 2.75) is 62.8 Å². The molecule has 2 unspecified atom stereocenters. The number of hydrogen-bond acceptors (Lipinski definition) is 5. The summed E-state index contributed by atoms with van der Waals surface area (Å²) >= 11 is 0. The molecule has 3 heterocycles. The Kier molecular flexibility index (Phi) is 7.27. The Balaban J connectivity index is 1.52. The molecule has 1 aromatic heterocycles. The number of aromatic nitrogens is 2. The van der Waals surface area contributed by atoms with Crippen molar-refractivity contribution < 1.29 is 9.53 Å². The zero-order valence-corrected chi connectivity index (χ0v) is 22.7. The molecule has 2 aliphatic heterocycles. The molecule has 2 aliphatic rings. The number of rotatable bonds is 6. The Bertz CT molecular complexity index is 1350. The summed E-state index contributed by atoms with van der Waals surface area (Å²) < 4.78 is 8.48. The van der Waals surface area contributed by atoms with Gasteiger partial charge < -0.3 is 19.5 Å². The van der Waals surface area contributed by atoms with E-state index in [9.17, 15) is 10.1 Å². The third-order valence-corrected chi connectivity index (χ3v) is 8.58. The van der Waals surface area contributed by atoms with Gasteiger partial charge in [0.25, 0.3) is 0 Å². The van der Waals surface area contributed by atoms with Gasteiger partial charge in [-0.1, -0.05) is 38.0 Å². The summed E-state index contributed by atoms with van der Waals surface area (Å²) in [4.78, 5) is 19.9. The summed E-state index contributed by atoms with van der Waals surface area (Å²) in [6.07, 6.45) is 10.5. The highest BCUT2D eigenvalue weighted by molar-refractivity contribution is 5.88. The minimum atomic E-state index is -0.564. The van der Waals surface area contributed by atoms with E-state index in [2.05, 4.69) is 23.3 Å². The van der Waals surface area contributed by atoms with Gasteiger partial charge in [0.05, 0.1) is 34.7 Å². The summed E-state index contributed by atoms with van der Waals surface area (Å²) in [5.74, 6) is 1.33. The highest BCUT2D eigenvalue weighted by Gasteiger charge is 2.41. The molecule has 2 saturated heterocycles. The number of ether oxygens (including phenoxy) is 1. The lowest BCUT2D eigenvalue weighted by Crippen LogP contribution is -2.46. The summed E-state index contributed by atoms with van der Waals surface area (Å²) in [6.45, 7) is 3.80. The number of likely N-dealkylation sites (tertiary alicyclic amines) is 1. The molecule has 0 radical (unpaired) electrons. The van der Waals surface area contributed by atoms with E-state index in [1.807, 2.05) is 78.6 Å². The van der Waals surface area contributed by atoms with Crippen LogP contribution in [-0.2, 0) is 22.8 Å². The topological polar surface area (TPSA) is 83.2 Å². The Hall–Kier alpha value is -3.63. The van der Waals surface area contributed by atoms with Crippen LogP contribution in [0.5, 0.6) is 11.5 Å². The molecule has 0 saturated carbocycles. The lowest BCUT2D eigenvalue weighted by atomic mass is 9.72.